The summed E-state index contributed by atoms with van der Waals surface area (Å²) in [5.41, 5.74) is 1.30. The fourth-order valence-corrected chi connectivity index (χ4v) is 3.52. The van der Waals surface area contributed by atoms with Crippen molar-refractivity contribution in [3.8, 4) is 0 Å². The molecular formula is C16H20N2O4S. The number of nitrogens with zero attached hydrogens (tertiary/aromatic N) is 2. The minimum Gasteiger partial charge on any atom is -0.381 e. The zero-order valence-electron chi connectivity index (χ0n) is 12.8. The molecule has 1 aliphatic rings. The molecule has 0 amide bonds. The Labute approximate surface area is 138 Å². The van der Waals surface area contributed by atoms with Gasteiger partial charge in [-0.1, -0.05) is 12.1 Å². The van der Waals surface area contributed by atoms with Crippen molar-refractivity contribution in [2.45, 2.75) is 18.9 Å². The number of thiophene rings is 1. The molecule has 0 radical (unpaired) electrons. The molecule has 1 aromatic heterocycles. The lowest BCUT2D eigenvalue weighted by Gasteiger charge is -2.37. The van der Waals surface area contributed by atoms with Gasteiger partial charge in [0, 0.05) is 30.9 Å². The standard InChI is InChI=1S/C16H20N2O4S/c19-18(20)22-15-11-17(12-15)6-1-7-21-8-4-13-2-3-16-14(10-13)5-9-23-16/h2-3,5,9-10,15H,1,4,6-8,11-12H2. The van der Waals surface area contributed by atoms with Crippen LogP contribution in [-0.4, -0.2) is 48.9 Å². The van der Waals surface area contributed by atoms with Gasteiger partial charge in [0.15, 0.2) is 0 Å². The van der Waals surface area contributed by atoms with E-state index in [9.17, 15) is 10.1 Å². The van der Waals surface area contributed by atoms with Gasteiger partial charge in [-0.15, -0.1) is 21.5 Å². The Morgan fingerprint density at radius 3 is 3.00 bits per heavy atom. The molecule has 0 unspecified atom stereocenters. The summed E-state index contributed by atoms with van der Waals surface area (Å²) in [5.74, 6) is 0. The molecule has 7 heteroatoms. The van der Waals surface area contributed by atoms with E-state index in [4.69, 9.17) is 4.74 Å². The van der Waals surface area contributed by atoms with Gasteiger partial charge in [-0.05, 0) is 41.3 Å². The number of likely N-dealkylation sites (tertiary alicyclic amines) is 1. The van der Waals surface area contributed by atoms with E-state index in [2.05, 4.69) is 39.4 Å². The SMILES string of the molecule is O=[N+]([O-])OC1CN(CCCOCCc2ccc3sccc3c2)C1. The van der Waals surface area contributed by atoms with Gasteiger partial charge in [0.2, 0.25) is 0 Å². The third kappa shape index (κ3) is 4.63. The number of benzene rings is 1. The average Bonchev–Trinajstić information content (AvgIpc) is 2.94. The predicted molar refractivity (Wildman–Crippen MR) is 89.3 cm³/mol. The van der Waals surface area contributed by atoms with E-state index < -0.39 is 5.09 Å². The summed E-state index contributed by atoms with van der Waals surface area (Å²) in [6.45, 7) is 3.63. The van der Waals surface area contributed by atoms with Crippen LogP contribution in [0.5, 0.6) is 0 Å². The van der Waals surface area contributed by atoms with E-state index in [0.29, 0.717) is 13.1 Å². The number of hydrogen-bond donors (Lipinski definition) is 0. The summed E-state index contributed by atoms with van der Waals surface area (Å²) in [6.07, 6.45) is 1.61. The normalized spacial score (nSPS) is 15.7. The lowest BCUT2D eigenvalue weighted by atomic mass is 10.1. The van der Waals surface area contributed by atoms with E-state index in [1.807, 2.05) is 0 Å². The van der Waals surface area contributed by atoms with Crippen molar-refractivity contribution in [3.63, 3.8) is 0 Å². The first kappa shape index (κ1) is 16.2. The number of rotatable bonds is 9. The topological polar surface area (TPSA) is 64.8 Å². The van der Waals surface area contributed by atoms with Crippen LogP contribution in [0.25, 0.3) is 10.1 Å². The van der Waals surface area contributed by atoms with Gasteiger partial charge in [0.1, 0.15) is 6.10 Å². The van der Waals surface area contributed by atoms with Crippen molar-refractivity contribution in [2.24, 2.45) is 0 Å². The quantitative estimate of drug-likeness (QED) is 0.400. The largest absolute Gasteiger partial charge is 0.381 e. The Morgan fingerprint density at radius 2 is 2.17 bits per heavy atom. The molecule has 6 nitrogen and oxygen atoms in total. The molecule has 0 N–H and O–H groups in total. The summed E-state index contributed by atoms with van der Waals surface area (Å²) in [4.78, 5) is 16.8. The Morgan fingerprint density at radius 1 is 1.30 bits per heavy atom. The molecule has 1 aliphatic heterocycles. The fraction of sp³-hybridized carbons (Fsp3) is 0.500. The van der Waals surface area contributed by atoms with E-state index >= 15 is 0 Å². The molecular weight excluding hydrogens is 316 g/mol. The first-order valence-corrected chi connectivity index (χ1v) is 8.66. The third-order valence-corrected chi connectivity index (χ3v) is 4.87. The zero-order chi connectivity index (χ0) is 16.1. The highest BCUT2D eigenvalue weighted by Gasteiger charge is 2.28. The van der Waals surface area contributed by atoms with Crippen molar-refractivity contribution in [1.29, 1.82) is 0 Å². The van der Waals surface area contributed by atoms with Crippen molar-refractivity contribution < 1.29 is 14.7 Å². The lowest BCUT2D eigenvalue weighted by molar-refractivity contribution is -0.771. The lowest BCUT2D eigenvalue weighted by Crippen LogP contribution is -2.53. The van der Waals surface area contributed by atoms with Crippen molar-refractivity contribution in [1.82, 2.24) is 4.90 Å². The van der Waals surface area contributed by atoms with Gasteiger partial charge in [0.25, 0.3) is 5.09 Å². The van der Waals surface area contributed by atoms with Crippen LogP contribution in [0.2, 0.25) is 0 Å². The smallest absolute Gasteiger partial charge is 0.294 e. The summed E-state index contributed by atoms with van der Waals surface area (Å²) < 4.78 is 7.00. The minimum atomic E-state index is -0.710. The van der Waals surface area contributed by atoms with Crippen LogP contribution in [0.15, 0.2) is 29.6 Å². The Hall–Kier alpha value is -1.70. The molecule has 0 spiro atoms. The molecule has 0 aliphatic carbocycles. The fourth-order valence-electron chi connectivity index (χ4n) is 2.75. The molecule has 2 heterocycles. The molecule has 0 saturated carbocycles. The summed E-state index contributed by atoms with van der Waals surface area (Å²) >= 11 is 1.76. The van der Waals surface area contributed by atoms with Crippen LogP contribution in [-0.2, 0) is 16.0 Å². The zero-order valence-corrected chi connectivity index (χ0v) is 13.7. The third-order valence-electron chi connectivity index (χ3n) is 3.97. The summed E-state index contributed by atoms with van der Waals surface area (Å²) in [6, 6.07) is 8.71. The van der Waals surface area contributed by atoms with Gasteiger partial charge < -0.3 is 9.57 Å². The van der Waals surface area contributed by atoms with Gasteiger partial charge in [-0.3, -0.25) is 4.90 Å². The van der Waals surface area contributed by atoms with Crippen LogP contribution in [0.4, 0.5) is 0 Å². The van der Waals surface area contributed by atoms with Crippen LogP contribution in [0.1, 0.15) is 12.0 Å². The Balaban J connectivity index is 1.24. The summed E-state index contributed by atoms with van der Waals surface area (Å²) in [5, 5.41) is 12.9. The monoisotopic (exact) mass is 336 g/mol. The highest BCUT2D eigenvalue weighted by atomic mass is 32.1. The summed E-state index contributed by atoms with van der Waals surface area (Å²) in [7, 11) is 0. The number of fused-ring (bicyclic) bond motifs is 1. The maximum absolute atomic E-state index is 10.2. The molecule has 1 saturated heterocycles. The highest BCUT2D eigenvalue weighted by molar-refractivity contribution is 7.17. The molecule has 23 heavy (non-hydrogen) atoms. The molecule has 2 aromatic rings. The van der Waals surface area contributed by atoms with E-state index in [1.54, 1.807) is 11.3 Å². The van der Waals surface area contributed by atoms with Gasteiger partial charge in [-0.2, -0.15) is 0 Å². The predicted octanol–water partition coefficient (Wildman–Crippen LogP) is 2.74. The average molecular weight is 336 g/mol. The second-order valence-corrected chi connectivity index (χ2v) is 6.67. The van der Waals surface area contributed by atoms with Gasteiger partial charge in [0.05, 0.1) is 6.61 Å². The molecule has 0 bridgehead atoms. The van der Waals surface area contributed by atoms with Crippen LogP contribution in [0.3, 0.4) is 0 Å². The van der Waals surface area contributed by atoms with Gasteiger partial charge in [-0.25, -0.2) is 0 Å². The Bertz CT molecular complexity index is 654. The number of hydrogen-bond acceptors (Lipinski definition) is 6. The molecule has 1 fully saturated rings. The maximum Gasteiger partial charge on any atom is 0.294 e. The van der Waals surface area contributed by atoms with Crippen LogP contribution < -0.4 is 0 Å². The van der Waals surface area contributed by atoms with Crippen molar-refractivity contribution >= 4 is 21.4 Å². The maximum atomic E-state index is 10.2. The second-order valence-electron chi connectivity index (χ2n) is 5.72. The van der Waals surface area contributed by atoms with E-state index in [0.717, 1.165) is 32.6 Å². The van der Waals surface area contributed by atoms with E-state index in [-0.39, 0.29) is 6.10 Å². The molecule has 1 aromatic carbocycles. The Kier molecular flexibility index (Phi) is 5.43. The first-order valence-electron chi connectivity index (χ1n) is 7.78. The minimum absolute atomic E-state index is 0.252. The van der Waals surface area contributed by atoms with E-state index in [1.165, 1.54) is 15.6 Å². The van der Waals surface area contributed by atoms with Crippen molar-refractivity contribution in [3.05, 3.63) is 45.3 Å². The van der Waals surface area contributed by atoms with Crippen LogP contribution >= 0.6 is 11.3 Å². The van der Waals surface area contributed by atoms with Crippen LogP contribution in [0, 0.1) is 10.1 Å². The molecule has 0 atom stereocenters. The highest BCUT2D eigenvalue weighted by Crippen LogP contribution is 2.21. The second kappa shape index (κ2) is 7.72. The first-order chi connectivity index (χ1) is 11.2. The molecule has 3 rings (SSSR count). The van der Waals surface area contributed by atoms with Crippen molar-refractivity contribution in [2.75, 3.05) is 32.8 Å². The number of ether oxygens (including phenoxy) is 1. The molecule has 124 valence electrons. The van der Waals surface area contributed by atoms with Gasteiger partial charge >= 0.3 is 0 Å².